The van der Waals surface area contributed by atoms with E-state index in [9.17, 15) is 4.79 Å². The van der Waals surface area contributed by atoms with Crippen molar-refractivity contribution in [2.45, 2.75) is 77.6 Å². The third kappa shape index (κ3) is 6.82. The highest BCUT2D eigenvalue weighted by Gasteiger charge is 2.35. The second kappa shape index (κ2) is 10.2. The van der Waals surface area contributed by atoms with Crippen molar-refractivity contribution in [3.63, 3.8) is 0 Å². The van der Waals surface area contributed by atoms with Crippen LogP contribution in [-0.2, 0) is 9.53 Å². The van der Waals surface area contributed by atoms with E-state index in [1.54, 1.807) is 7.11 Å². The predicted octanol–water partition coefficient (Wildman–Crippen LogP) is 4.40. The SMILES string of the molecule is CCCCCCCCC(=O)N(C)CC1(COC)CCCC1. The number of hydrogen-bond donors (Lipinski definition) is 0. The van der Waals surface area contributed by atoms with Gasteiger partial charge in [-0.25, -0.2) is 0 Å². The molecule has 0 aromatic rings. The van der Waals surface area contributed by atoms with Gasteiger partial charge in [-0.2, -0.15) is 0 Å². The van der Waals surface area contributed by atoms with Gasteiger partial charge in [0.05, 0.1) is 6.61 Å². The molecule has 1 amide bonds. The fourth-order valence-electron chi connectivity index (χ4n) is 3.62. The Labute approximate surface area is 131 Å². The summed E-state index contributed by atoms with van der Waals surface area (Å²) in [5.74, 6) is 0.313. The Hall–Kier alpha value is -0.570. The number of hydrogen-bond acceptors (Lipinski definition) is 2. The third-order valence-electron chi connectivity index (χ3n) is 4.86. The number of carbonyl (C=O) groups is 1. The van der Waals surface area contributed by atoms with Gasteiger partial charge in [-0.05, 0) is 19.3 Å². The van der Waals surface area contributed by atoms with Crippen molar-refractivity contribution in [1.82, 2.24) is 4.90 Å². The molecule has 1 saturated carbocycles. The van der Waals surface area contributed by atoms with Gasteiger partial charge in [0.1, 0.15) is 0 Å². The minimum absolute atomic E-state index is 0.223. The monoisotopic (exact) mass is 297 g/mol. The lowest BCUT2D eigenvalue weighted by Gasteiger charge is -2.33. The minimum Gasteiger partial charge on any atom is -0.384 e. The zero-order valence-corrected chi connectivity index (χ0v) is 14.5. The van der Waals surface area contributed by atoms with E-state index in [-0.39, 0.29) is 5.41 Å². The van der Waals surface area contributed by atoms with Crippen LogP contribution in [0.15, 0.2) is 0 Å². The average molecular weight is 297 g/mol. The molecule has 124 valence electrons. The van der Waals surface area contributed by atoms with Crippen LogP contribution in [-0.4, -0.2) is 38.1 Å². The highest BCUT2D eigenvalue weighted by molar-refractivity contribution is 5.75. The van der Waals surface area contributed by atoms with Crippen molar-refractivity contribution in [2.24, 2.45) is 5.41 Å². The molecule has 0 bridgehead atoms. The van der Waals surface area contributed by atoms with E-state index in [4.69, 9.17) is 4.74 Å². The zero-order valence-electron chi connectivity index (χ0n) is 14.5. The Bertz CT molecular complexity index is 285. The van der Waals surface area contributed by atoms with Crippen molar-refractivity contribution in [2.75, 3.05) is 27.3 Å². The van der Waals surface area contributed by atoms with E-state index in [2.05, 4.69) is 6.92 Å². The maximum absolute atomic E-state index is 12.3. The first-order valence-corrected chi connectivity index (χ1v) is 8.86. The van der Waals surface area contributed by atoms with Gasteiger partial charge >= 0.3 is 0 Å². The van der Waals surface area contributed by atoms with E-state index in [1.807, 2.05) is 11.9 Å². The molecule has 21 heavy (non-hydrogen) atoms. The van der Waals surface area contributed by atoms with Gasteiger partial charge in [0.15, 0.2) is 0 Å². The van der Waals surface area contributed by atoms with E-state index >= 15 is 0 Å². The summed E-state index contributed by atoms with van der Waals surface area (Å²) >= 11 is 0. The smallest absolute Gasteiger partial charge is 0.222 e. The number of ether oxygens (including phenoxy) is 1. The van der Waals surface area contributed by atoms with Gasteiger partial charge in [0.25, 0.3) is 0 Å². The van der Waals surface area contributed by atoms with Crippen LogP contribution < -0.4 is 0 Å². The van der Waals surface area contributed by atoms with Crippen LogP contribution in [0.2, 0.25) is 0 Å². The van der Waals surface area contributed by atoms with E-state index in [1.165, 1.54) is 57.8 Å². The summed E-state index contributed by atoms with van der Waals surface area (Å²) in [6.45, 7) is 3.90. The fraction of sp³-hybridized carbons (Fsp3) is 0.944. The molecule has 3 nitrogen and oxygen atoms in total. The van der Waals surface area contributed by atoms with Crippen LogP contribution in [0.25, 0.3) is 0 Å². The Balaban J connectivity index is 2.23. The molecule has 0 aliphatic heterocycles. The Morgan fingerprint density at radius 3 is 2.33 bits per heavy atom. The highest BCUT2D eigenvalue weighted by atomic mass is 16.5. The van der Waals surface area contributed by atoms with Crippen LogP contribution in [0.4, 0.5) is 0 Å². The van der Waals surface area contributed by atoms with E-state index < -0.39 is 0 Å². The summed E-state index contributed by atoms with van der Waals surface area (Å²) in [6.07, 6.45) is 13.1. The van der Waals surface area contributed by atoms with Crippen LogP contribution in [0.5, 0.6) is 0 Å². The molecule has 0 unspecified atom stereocenters. The first-order valence-electron chi connectivity index (χ1n) is 8.86. The lowest BCUT2D eigenvalue weighted by Crippen LogP contribution is -2.40. The van der Waals surface area contributed by atoms with Gasteiger partial charge < -0.3 is 9.64 Å². The number of unbranched alkanes of at least 4 members (excludes halogenated alkanes) is 5. The second-order valence-corrected chi connectivity index (χ2v) is 6.91. The first-order chi connectivity index (χ1) is 10.1. The van der Waals surface area contributed by atoms with Crippen molar-refractivity contribution >= 4 is 5.91 Å². The Morgan fingerprint density at radius 2 is 1.71 bits per heavy atom. The molecule has 0 aromatic carbocycles. The highest BCUT2D eigenvalue weighted by Crippen LogP contribution is 2.38. The quantitative estimate of drug-likeness (QED) is 0.529. The Kier molecular flexibility index (Phi) is 8.98. The fourth-order valence-corrected chi connectivity index (χ4v) is 3.62. The van der Waals surface area contributed by atoms with Gasteiger partial charge in [-0.15, -0.1) is 0 Å². The lowest BCUT2D eigenvalue weighted by atomic mass is 9.86. The molecule has 1 aliphatic rings. The van der Waals surface area contributed by atoms with Gasteiger partial charge in [0.2, 0.25) is 5.91 Å². The molecule has 0 N–H and O–H groups in total. The average Bonchev–Trinajstić information content (AvgIpc) is 2.91. The van der Waals surface area contributed by atoms with Crippen LogP contribution >= 0.6 is 0 Å². The molecular weight excluding hydrogens is 262 g/mol. The number of carbonyl (C=O) groups excluding carboxylic acids is 1. The van der Waals surface area contributed by atoms with Crippen LogP contribution in [0, 0.1) is 5.41 Å². The van der Waals surface area contributed by atoms with Crippen molar-refractivity contribution in [1.29, 1.82) is 0 Å². The van der Waals surface area contributed by atoms with Crippen molar-refractivity contribution < 1.29 is 9.53 Å². The molecule has 0 heterocycles. The molecule has 0 saturated heterocycles. The van der Waals surface area contributed by atoms with Crippen LogP contribution in [0.3, 0.4) is 0 Å². The summed E-state index contributed by atoms with van der Waals surface area (Å²) < 4.78 is 5.41. The summed E-state index contributed by atoms with van der Waals surface area (Å²) in [5, 5.41) is 0. The number of nitrogens with zero attached hydrogens (tertiary/aromatic N) is 1. The maximum Gasteiger partial charge on any atom is 0.222 e. The normalized spacial score (nSPS) is 17.1. The summed E-state index contributed by atoms with van der Waals surface area (Å²) in [7, 11) is 3.74. The van der Waals surface area contributed by atoms with Crippen molar-refractivity contribution in [3.8, 4) is 0 Å². The number of methoxy groups -OCH3 is 1. The second-order valence-electron chi connectivity index (χ2n) is 6.91. The predicted molar refractivity (Wildman–Crippen MR) is 88.4 cm³/mol. The van der Waals surface area contributed by atoms with E-state index in [0.717, 1.165) is 19.6 Å². The molecule has 1 aliphatic carbocycles. The minimum atomic E-state index is 0.223. The maximum atomic E-state index is 12.3. The number of amides is 1. The first kappa shape index (κ1) is 18.5. The summed E-state index contributed by atoms with van der Waals surface area (Å²) in [4.78, 5) is 14.2. The third-order valence-corrected chi connectivity index (χ3v) is 4.86. The van der Waals surface area contributed by atoms with Crippen molar-refractivity contribution in [3.05, 3.63) is 0 Å². The zero-order chi connectivity index (χ0) is 15.6. The molecule has 3 heteroatoms. The standard InChI is InChI=1S/C18H35NO2/c1-4-5-6-7-8-9-12-17(20)19(2)15-18(16-21-3)13-10-11-14-18/h4-16H2,1-3H3. The van der Waals surface area contributed by atoms with Crippen LogP contribution in [0.1, 0.15) is 77.6 Å². The summed E-state index contributed by atoms with van der Waals surface area (Å²) in [5.41, 5.74) is 0.223. The Morgan fingerprint density at radius 1 is 1.10 bits per heavy atom. The molecule has 0 aromatic heterocycles. The number of rotatable bonds is 11. The molecular formula is C18H35NO2. The van der Waals surface area contributed by atoms with Gasteiger partial charge in [-0.3, -0.25) is 4.79 Å². The summed E-state index contributed by atoms with van der Waals surface area (Å²) in [6, 6.07) is 0. The van der Waals surface area contributed by atoms with E-state index in [0.29, 0.717) is 12.3 Å². The topological polar surface area (TPSA) is 29.5 Å². The van der Waals surface area contributed by atoms with Gasteiger partial charge in [-0.1, -0.05) is 51.9 Å². The lowest BCUT2D eigenvalue weighted by molar-refractivity contribution is -0.132. The van der Waals surface area contributed by atoms with Gasteiger partial charge in [0, 0.05) is 32.5 Å². The molecule has 1 rings (SSSR count). The molecule has 1 fully saturated rings. The molecule has 0 radical (unpaired) electrons. The molecule has 0 atom stereocenters. The largest absolute Gasteiger partial charge is 0.384 e. The molecule has 0 spiro atoms.